The van der Waals surface area contributed by atoms with Gasteiger partial charge in [-0.25, -0.2) is 19.9 Å². The summed E-state index contributed by atoms with van der Waals surface area (Å²) in [7, 11) is 0. The lowest BCUT2D eigenvalue weighted by Gasteiger charge is -2.09. The average Bonchev–Trinajstić information content (AvgIpc) is 3.50. The second kappa shape index (κ2) is 11.0. The molecule has 0 saturated heterocycles. The van der Waals surface area contributed by atoms with Crippen molar-refractivity contribution in [3.05, 3.63) is 145 Å². The topological polar surface area (TPSA) is 88.5 Å². The molecule has 0 bridgehead atoms. The van der Waals surface area contributed by atoms with Crippen LogP contribution in [0.15, 0.2) is 144 Å². The van der Waals surface area contributed by atoms with Crippen molar-refractivity contribution in [1.82, 2.24) is 19.9 Å². The van der Waals surface area contributed by atoms with Gasteiger partial charge in [-0.05, 0) is 41.5 Å². The monoisotopic (exact) mass is 577 g/mol. The molecular formula is C39H23N5O. The molecule has 0 amide bonds. The molecule has 8 aromatic rings. The fraction of sp³-hybridized carbons (Fsp3) is 0. The minimum Gasteiger partial charge on any atom is -0.456 e. The highest BCUT2D eigenvalue weighted by molar-refractivity contribution is 6.12. The van der Waals surface area contributed by atoms with Crippen molar-refractivity contribution in [3.63, 3.8) is 0 Å². The number of hydrogen-bond acceptors (Lipinski definition) is 6. The minimum atomic E-state index is 0.379. The Labute approximate surface area is 259 Å². The zero-order chi connectivity index (χ0) is 30.2. The Hall–Kier alpha value is -6.45. The van der Waals surface area contributed by atoms with Crippen LogP contribution in [0.5, 0.6) is 0 Å². The second-order valence-corrected chi connectivity index (χ2v) is 10.6. The van der Waals surface area contributed by atoms with E-state index in [2.05, 4.69) is 35.3 Å². The number of fused-ring (bicyclic) bond motifs is 3. The lowest BCUT2D eigenvalue weighted by Crippen LogP contribution is -2.00. The van der Waals surface area contributed by atoms with Gasteiger partial charge in [-0.2, -0.15) is 5.26 Å². The lowest BCUT2D eigenvalue weighted by atomic mass is 9.99. The molecule has 0 spiro atoms. The van der Waals surface area contributed by atoms with Gasteiger partial charge >= 0.3 is 0 Å². The summed E-state index contributed by atoms with van der Waals surface area (Å²) in [6, 6.07) is 48.0. The number of pyridine rings is 1. The van der Waals surface area contributed by atoms with E-state index in [9.17, 15) is 5.26 Å². The molecular weight excluding hydrogens is 554 g/mol. The lowest BCUT2D eigenvalue weighted by molar-refractivity contribution is 0.669. The molecule has 5 aromatic carbocycles. The molecule has 0 aliphatic carbocycles. The fourth-order valence-corrected chi connectivity index (χ4v) is 5.62. The smallest absolute Gasteiger partial charge is 0.164 e. The summed E-state index contributed by atoms with van der Waals surface area (Å²) in [5.41, 5.74) is 8.46. The summed E-state index contributed by atoms with van der Waals surface area (Å²) >= 11 is 0. The number of rotatable bonds is 5. The van der Waals surface area contributed by atoms with Crippen LogP contribution in [-0.2, 0) is 0 Å². The average molecular weight is 578 g/mol. The van der Waals surface area contributed by atoms with E-state index in [0.29, 0.717) is 23.2 Å². The first-order chi connectivity index (χ1) is 22.2. The Morgan fingerprint density at radius 1 is 0.467 bits per heavy atom. The van der Waals surface area contributed by atoms with Gasteiger partial charge < -0.3 is 4.42 Å². The van der Waals surface area contributed by atoms with E-state index in [1.54, 1.807) is 6.07 Å². The van der Waals surface area contributed by atoms with Gasteiger partial charge in [0.1, 0.15) is 22.9 Å². The van der Waals surface area contributed by atoms with Gasteiger partial charge in [0.15, 0.2) is 17.5 Å². The molecule has 210 valence electrons. The molecule has 8 rings (SSSR count). The van der Waals surface area contributed by atoms with Crippen LogP contribution in [0.4, 0.5) is 0 Å². The molecule has 6 heteroatoms. The van der Waals surface area contributed by atoms with Crippen molar-refractivity contribution in [3.8, 4) is 62.6 Å². The number of nitriles is 1. The number of furan rings is 1. The van der Waals surface area contributed by atoms with Gasteiger partial charge in [0.05, 0.1) is 5.69 Å². The summed E-state index contributed by atoms with van der Waals surface area (Å²) in [6.45, 7) is 0. The van der Waals surface area contributed by atoms with Gasteiger partial charge in [-0.3, -0.25) is 0 Å². The minimum absolute atomic E-state index is 0.379. The standard InChI is InChI=1S/C39H23N5O/c40-24-30-13-7-15-33(41-30)26-17-19-28(20-18-26)38-42-37(27-11-5-2-6-12-27)43-39(44-38)29-21-22-32-35(23-29)45-34-16-8-14-31(36(32)34)25-9-3-1-4-10-25/h1-23H. The Morgan fingerprint density at radius 3 is 1.78 bits per heavy atom. The Kier molecular flexibility index (Phi) is 6.40. The summed E-state index contributed by atoms with van der Waals surface area (Å²) in [5.74, 6) is 1.69. The van der Waals surface area contributed by atoms with E-state index in [4.69, 9.17) is 19.4 Å². The first kappa shape index (κ1) is 26.2. The largest absolute Gasteiger partial charge is 0.456 e. The number of aromatic nitrogens is 4. The van der Waals surface area contributed by atoms with Crippen molar-refractivity contribution < 1.29 is 4.42 Å². The molecule has 0 aliphatic heterocycles. The van der Waals surface area contributed by atoms with Gasteiger partial charge in [0, 0.05) is 33.0 Å². The highest BCUT2D eigenvalue weighted by Crippen LogP contribution is 2.38. The maximum atomic E-state index is 9.26. The van der Waals surface area contributed by atoms with Crippen LogP contribution in [0, 0.1) is 11.3 Å². The van der Waals surface area contributed by atoms with Crippen molar-refractivity contribution in [2.75, 3.05) is 0 Å². The number of hydrogen-bond donors (Lipinski definition) is 0. The molecule has 3 heterocycles. The van der Waals surface area contributed by atoms with Crippen LogP contribution in [-0.4, -0.2) is 19.9 Å². The number of benzene rings is 5. The molecule has 45 heavy (non-hydrogen) atoms. The predicted octanol–water partition coefficient (Wildman–Crippen LogP) is 9.37. The zero-order valence-electron chi connectivity index (χ0n) is 23.9. The quantitative estimate of drug-likeness (QED) is 0.202. The molecule has 0 aliphatic rings. The van der Waals surface area contributed by atoms with Crippen LogP contribution in [0.1, 0.15) is 5.69 Å². The maximum Gasteiger partial charge on any atom is 0.164 e. The van der Waals surface area contributed by atoms with Crippen LogP contribution >= 0.6 is 0 Å². The van der Waals surface area contributed by atoms with Crippen LogP contribution in [0.2, 0.25) is 0 Å². The van der Waals surface area contributed by atoms with E-state index in [1.165, 1.54) is 0 Å². The summed E-state index contributed by atoms with van der Waals surface area (Å²) in [6.07, 6.45) is 0. The first-order valence-corrected chi connectivity index (χ1v) is 14.5. The third kappa shape index (κ3) is 4.89. The molecule has 0 fully saturated rings. The molecule has 0 radical (unpaired) electrons. The van der Waals surface area contributed by atoms with Gasteiger partial charge in [0.2, 0.25) is 0 Å². The highest BCUT2D eigenvalue weighted by Gasteiger charge is 2.16. The van der Waals surface area contributed by atoms with Crippen molar-refractivity contribution in [2.24, 2.45) is 0 Å². The first-order valence-electron chi connectivity index (χ1n) is 14.5. The molecule has 6 nitrogen and oxygen atoms in total. The van der Waals surface area contributed by atoms with E-state index in [0.717, 1.165) is 61.0 Å². The van der Waals surface area contributed by atoms with E-state index < -0.39 is 0 Å². The third-order valence-corrected chi connectivity index (χ3v) is 7.81. The predicted molar refractivity (Wildman–Crippen MR) is 177 cm³/mol. The van der Waals surface area contributed by atoms with Gasteiger partial charge in [0.25, 0.3) is 0 Å². The second-order valence-electron chi connectivity index (χ2n) is 10.6. The molecule has 0 saturated carbocycles. The van der Waals surface area contributed by atoms with Crippen molar-refractivity contribution >= 4 is 21.9 Å². The van der Waals surface area contributed by atoms with Crippen molar-refractivity contribution in [2.45, 2.75) is 0 Å². The van der Waals surface area contributed by atoms with Crippen LogP contribution < -0.4 is 0 Å². The molecule has 0 N–H and O–H groups in total. The molecule has 0 atom stereocenters. The maximum absolute atomic E-state index is 9.26. The number of nitrogens with zero attached hydrogens (tertiary/aromatic N) is 5. The van der Waals surface area contributed by atoms with E-state index >= 15 is 0 Å². The summed E-state index contributed by atoms with van der Waals surface area (Å²) in [4.78, 5) is 19.1. The van der Waals surface area contributed by atoms with Gasteiger partial charge in [-0.15, -0.1) is 0 Å². The zero-order valence-corrected chi connectivity index (χ0v) is 23.9. The Morgan fingerprint density at radius 2 is 1.07 bits per heavy atom. The Bertz CT molecular complexity index is 2370. The van der Waals surface area contributed by atoms with Crippen LogP contribution in [0.25, 0.3) is 78.5 Å². The molecule has 0 unspecified atom stereocenters. The summed E-state index contributed by atoms with van der Waals surface area (Å²) in [5, 5.41) is 11.4. The molecule has 3 aromatic heterocycles. The van der Waals surface area contributed by atoms with Gasteiger partial charge in [-0.1, -0.05) is 109 Å². The van der Waals surface area contributed by atoms with Crippen LogP contribution in [0.3, 0.4) is 0 Å². The highest BCUT2D eigenvalue weighted by atomic mass is 16.3. The fourth-order valence-electron chi connectivity index (χ4n) is 5.62. The van der Waals surface area contributed by atoms with E-state index in [-0.39, 0.29) is 0 Å². The third-order valence-electron chi connectivity index (χ3n) is 7.81. The van der Waals surface area contributed by atoms with E-state index in [1.807, 2.05) is 109 Å². The summed E-state index contributed by atoms with van der Waals surface area (Å²) < 4.78 is 6.38. The SMILES string of the molecule is N#Cc1cccc(-c2ccc(-c3nc(-c4ccccc4)nc(-c4ccc5c(c4)oc4cccc(-c6ccccc6)c45)n3)cc2)n1. The normalized spacial score (nSPS) is 11.1. The Balaban J connectivity index is 1.24. The van der Waals surface area contributed by atoms with Crippen molar-refractivity contribution in [1.29, 1.82) is 5.26 Å².